The average molecular weight is 369 g/mol. The highest BCUT2D eigenvalue weighted by Crippen LogP contribution is 2.43. The maximum absolute atomic E-state index is 13.8. The standard InChI is InChI=1S/C21H20FNO4/c1-21(2,3)19(26)16-17(12-7-9-15(24)10-8-12)23(20(27)18(16)25)14-6-4-5-13(22)11-14/h4-11,17,24-25H,1-3H3. The van der Waals surface area contributed by atoms with Gasteiger partial charge >= 0.3 is 0 Å². The van der Waals surface area contributed by atoms with Crippen molar-refractivity contribution in [1.82, 2.24) is 0 Å². The zero-order chi connectivity index (χ0) is 19.9. The largest absolute Gasteiger partial charge is 0.508 e. The Balaban J connectivity index is 2.21. The minimum atomic E-state index is -0.924. The number of carbonyl (C=O) groups excluding carboxylic acids is 2. The van der Waals surface area contributed by atoms with Crippen molar-refractivity contribution in [1.29, 1.82) is 0 Å². The van der Waals surface area contributed by atoms with E-state index in [4.69, 9.17) is 0 Å². The van der Waals surface area contributed by atoms with Crippen molar-refractivity contribution in [2.75, 3.05) is 4.90 Å². The smallest absolute Gasteiger partial charge is 0.294 e. The summed E-state index contributed by atoms with van der Waals surface area (Å²) in [6.45, 7) is 5.08. The quantitative estimate of drug-likeness (QED) is 0.856. The number of halogens is 1. The molecule has 0 aliphatic carbocycles. The molecule has 1 amide bonds. The first kappa shape index (κ1) is 18.6. The maximum Gasteiger partial charge on any atom is 0.294 e. The van der Waals surface area contributed by atoms with Crippen LogP contribution in [0.4, 0.5) is 10.1 Å². The minimum Gasteiger partial charge on any atom is -0.508 e. The van der Waals surface area contributed by atoms with Crippen LogP contribution in [0.3, 0.4) is 0 Å². The molecule has 0 saturated carbocycles. The first-order valence-corrected chi connectivity index (χ1v) is 8.47. The van der Waals surface area contributed by atoms with E-state index in [0.29, 0.717) is 5.56 Å². The SMILES string of the molecule is CC(C)(C)C(=O)C1=C(O)C(=O)N(c2cccc(F)c2)C1c1ccc(O)cc1. The Morgan fingerprint density at radius 3 is 2.26 bits per heavy atom. The van der Waals surface area contributed by atoms with E-state index in [0.717, 1.165) is 0 Å². The molecule has 0 aromatic heterocycles. The highest BCUT2D eigenvalue weighted by Gasteiger charge is 2.46. The third-order valence-electron chi connectivity index (χ3n) is 4.43. The van der Waals surface area contributed by atoms with E-state index in [-0.39, 0.29) is 22.8 Å². The summed E-state index contributed by atoms with van der Waals surface area (Å²) in [4.78, 5) is 27.0. The second-order valence-corrected chi connectivity index (χ2v) is 7.49. The molecule has 2 aromatic carbocycles. The first-order valence-electron chi connectivity index (χ1n) is 8.47. The fourth-order valence-electron chi connectivity index (χ4n) is 3.11. The van der Waals surface area contributed by atoms with Crippen LogP contribution in [-0.4, -0.2) is 21.9 Å². The van der Waals surface area contributed by atoms with E-state index in [9.17, 15) is 24.2 Å². The fourth-order valence-corrected chi connectivity index (χ4v) is 3.11. The number of hydrogen-bond donors (Lipinski definition) is 2. The van der Waals surface area contributed by atoms with Crippen LogP contribution in [0.5, 0.6) is 5.75 Å². The van der Waals surface area contributed by atoms with Gasteiger partial charge < -0.3 is 10.2 Å². The van der Waals surface area contributed by atoms with Gasteiger partial charge in [0.1, 0.15) is 11.6 Å². The van der Waals surface area contributed by atoms with Gasteiger partial charge in [-0.2, -0.15) is 0 Å². The minimum absolute atomic E-state index is 0.0253. The number of carbonyl (C=O) groups is 2. The van der Waals surface area contributed by atoms with Gasteiger partial charge in [0.25, 0.3) is 5.91 Å². The summed E-state index contributed by atoms with van der Waals surface area (Å²) < 4.78 is 13.8. The third-order valence-corrected chi connectivity index (χ3v) is 4.43. The lowest BCUT2D eigenvalue weighted by atomic mass is 9.82. The number of hydrogen-bond acceptors (Lipinski definition) is 4. The van der Waals surface area contributed by atoms with Crippen LogP contribution in [0.1, 0.15) is 32.4 Å². The third kappa shape index (κ3) is 3.30. The number of Topliss-reactive ketones (excluding diaryl/α,β-unsaturated/α-hetero) is 1. The Hall–Kier alpha value is -3.15. The van der Waals surface area contributed by atoms with Crippen LogP contribution in [0, 0.1) is 11.2 Å². The molecule has 0 saturated heterocycles. The van der Waals surface area contributed by atoms with E-state index >= 15 is 0 Å². The van der Waals surface area contributed by atoms with E-state index in [1.807, 2.05) is 0 Å². The second kappa shape index (κ2) is 6.54. The molecule has 2 N–H and O–H groups in total. The van der Waals surface area contributed by atoms with Crippen LogP contribution in [0.25, 0.3) is 0 Å². The molecular formula is C21H20FNO4. The van der Waals surface area contributed by atoms with Gasteiger partial charge in [0.05, 0.1) is 11.6 Å². The number of aliphatic hydroxyl groups excluding tert-OH is 1. The van der Waals surface area contributed by atoms with Gasteiger partial charge in [0.15, 0.2) is 11.5 Å². The number of amides is 1. The molecule has 5 nitrogen and oxygen atoms in total. The molecule has 3 rings (SSSR count). The number of benzene rings is 2. The summed E-state index contributed by atoms with van der Waals surface area (Å²) in [5.74, 6) is -2.31. The molecule has 0 bridgehead atoms. The van der Waals surface area contributed by atoms with Gasteiger partial charge in [-0.1, -0.05) is 39.0 Å². The predicted octanol–water partition coefficient (Wildman–Crippen LogP) is 4.05. The van der Waals surface area contributed by atoms with Gasteiger partial charge in [-0.05, 0) is 35.9 Å². The lowest BCUT2D eigenvalue weighted by Gasteiger charge is -2.29. The van der Waals surface area contributed by atoms with Crippen molar-refractivity contribution in [2.45, 2.75) is 26.8 Å². The summed E-state index contributed by atoms with van der Waals surface area (Å²) in [5.41, 5.74) is -0.137. The first-order chi connectivity index (χ1) is 12.6. The fraction of sp³-hybridized carbons (Fsp3) is 0.238. The lowest BCUT2D eigenvalue weighted by molar-refractivity contribution is -0.123. The van der Waals surface area contributed by atoms with E-state index in [1.54, 1.807) is 32.9 Å². The molecule has 140 valence electrons. The van der Waals surface area contributed by atoms with Crippen molar-refractivity contribution >= 4 is 17.4 Å². The number of aromatic hydroxyl groups is 1. The molecule has 1 heterocycles. The summed E-state index contributed by atoms with van der Waals surface area (Å²) in [6.07, 6.45) is 0. The highest BCUT2D eigenvalue weighted by atomic mass is 19.1. The molecule has 0 fully saturated rings. The highest BCUT2D eigenvalue weighted by molar-refractivity contribution is 6.17. The van der Waals surface area contributed by atoms with Gasteiger partial charge in [-0.3, -0.25) is 14.5 Å². The van der Waals surface area contributed by atoms with Crippen molar-refractivity contribution in [2.24, 2.45) is 5.41 Å². The van der Waals surface area contributed by atoms with Crippen LogP contribution in [0.15, 0.2) is 59.9 Å². The molecule has 1 aliphatic rings. The molecule has 1 unspecified atom stereocenters. The monoisotopic (exact) mass is 369 g/mol. The molecule has 27 heavy (non-hydrogen) atoms. The van der Waals surface area contributed by atoms with Crippen molar-refractivity contribution in [3.05, 3.63) is 71.2 Å². The molecule has 0 spiro atoms. The van der Waals surface area contributed by atoms with Crippen molar-refractivity contribution in [3.63, 3.8) is 0 Å². The van der Waals surface area contributed by atoms with Crippen molar-refractivity contribution in [3.8, 4) is 5.75 Å². The molecule has 0 radical (unpaired) electrons. The zero-order valence-corrected chi connectivity index (χ0v) is 15.2. The number of ketones is 1. The number of rotatable bonds is 3. The van der Waals surface area contributed by atoms with Crippen LogP contribution >= 0.6 is 0 Å². The number of aliphatic hydroxyl groups is 1. The van der Waals surface area contributed by atoms with E-state index < -0.39 is 28.9 Å². The summed E-state index contributed by atoms with van der Waals surface area (Å²) >= 11 is 0. The molecule has 6 heteroatoms. The Labute approximate surface area is 156 Å². The van der Waals surface area contributed by atoms with E-state index in [1.165, 1.54) is 41.3 Å². The number of phenols is 1. The van der Waals surface area contributed by atoms with Gasteiger partial charge in [0.2, 0.25) is 0 Å². The Bertz CT molecular complexity index is 941. The van der Waals surface area contributed by atoms with Crippen LogP contribution in [-0.2, 0) is 9.59 Å². The summed E-state index contributed by atoms with van der Waals surface area (Å²) in [6, 6.07) is 10.5. The maximum atomic E-state index is 13.8. The van der Waals surface area contributed by atoms with Crippen molar-refractivity contribution < 1.29 is 24.2 Å². The number of phenolic OH excluding ortho intramolecular Hbond substituents is 1. The normalized spacial score (nSPS) is 17.6. The molecular weight excluding hydrogens is 349 g/mol. The van der Waals surface area contributed by atoms with Gasteiger partial charge in [0, 0.05) is 11.1 Å². The lowest BCUT2D eigenvalue weighted by Crippen LogP contribution is -2.32. The Kier molecular flexibility index (Phi) is 4.51. The summed E-state index contributed by atoms with van der Waals surface area (Å²) in [5, 5.41) is 20.1. The molecule has 1 aliphatic heterocycles. The molecule has 1 atom stereocenters. The zero-order valence-electron chi connectivity index (χ0n) is 15.2. The second-order valence-electron chi connectivity index (χ2n) is 7.49. The van der Waals surface area contributed by atoms with Crippen LogP contribution < -0.4 is 4.90 Å². The Morgan fingerprint density at radius 1 is 1.07 bits per heavy atom. The number of anilines is 1. The number of nitrogens with zero attached hydrogens (tertiary/aromatic N) is 1. The molecule has 2 aromatic rings. The summed E-state index contributed by atoms with van der Waals surface area (Å²) in [7, 11) is 0. The predicted molar refractivity (Wildman–Crippen MR) is 98.9 cm³/mol. The topological polar surface area (TPSA) is 77.8 Å². The average Bonchev–Trinajstić information content (AvgIpc) is 2.85. The van der Waals surface area contributed by atoms with E-state index in [2.05, 4.69) is 0 Å². The van der Waals surface area contributed by atoms with Crippen LogP contribution in [0.2, 0.25) is 0 Å². The van der Waals surface area contributed by atoms with Gasteiger partial charge in [-0.15, -0.1) is 0 Å². The van der Waals surface area contributed by atoms with Gasteiger partial charge in [-0.25, -0.2) is 4.39 Å². The Morgan fingerprint density at radius 2 is 1.70 bits per heavy atom.